The second kappa shape index (κ2) is 6.32. The molecule has 1 fully saturated rings. The van der Waals surface area contributed by atoms with Gasteiger partial charge in [0.2, 0.25) is 0 Å². The van der Waals surface area contributed by atoms with Crippen molar-refractivity contribution >= 4 is 30.9 Å². The highest BCUT2D eigenvalue weighted by Crippen LogP contribution is 2.40. The van der Waals surface area contributed by atoms with E-state index in [2.05, 4.69) is 73.2 Å². The van der Waals surface area contributed by atoms with Gasteiger partial charge in [-0.2, -0.15) is 5.10 Å². The minimum absolute atomic E-state index is 0.304. The van der Waals surface area contributed by atoms with Crippen LogP contribution in [0, 0.1) is 10.5 Å². The number of halogens is 1. The van der Waals surface area contributed by atoms with E-state index in [0.717, 1.165) is 0 Å². The summed E-state index contributed by atoms with van der Waals surface area (Å²) in [6.07, 6.45) is 7.17. The fourth-order valence-electron chi connectivity index (χ4n) is 2.77. The molecule has 120 valence electrons. The van der Waals surface area contributed by atoms with Crippen molar-refractivity contribution in [3.63, 3.8) is 0 Å². The van der Waals surface area contributed by atoms with Gasteiger partial charge < -0.3 is 4.43 Å². The molecular formula is C16H29IN2OSi. The highest BCUT2D eigenvalue weighted by molar-refractivity contribution is 14.1. The molecule has 0 atom stereocenters. The first kappa shape index (κ1) is 17.5. The normalized spacial score (nSPS) is 24.3. The second-order valence-corrected chi connectivity index (χ2v) is 13.7. The lowest BCUT2D eigenvalue weighted by Crippen LogP contribution is -2.44. The standard InChI is InChI=1S/C16H29IN2OSi/c1-12-15(17)11-18-19(12)13-7-9-14(10-8-13)20-21(5,6)16(2,3)4/h11,13-14H,7-10H2,1-6H3. The SMILES string of the molecule is Cc1c(I)cnn1C1CCC(O[Si](C)(C)C(C)(C)C)CC1. The minimum atomic E-state index is -1.62. The van der Waals surface area contributed by atoms with Crippen molar-refractivity contribution < 1.29 is 4.43 Å². The minimum Gasteiger partial charge on any atom is -0.414 e. The van der Waals surface area contributed by atoms with Crippen LogP contribution in [0.3, 0.4) is 0 Å². The Morgan fingerprint density at radius 2 is 1.81 bits per heavy atom. The van der Waals surface area contributed by atoms with Crippen molar-refractivity contribution in [2.45, 2.75) is 83.7 Å². The van der Waals surface area contributed by atoms with Crippen LogP contribution in [0.1, 0.15) is 58.2 Å². The lowest BCUT2D eigenvalue weighted by Gasteiger charge is -2.41. The maximum atomic E-state index is 6.57. The van der Waals surface area contributed by atoms with E-state index in [1.54, 1.807) is 0 Å². The van der Waals surface area contributed by atoms with Gasteiger partial charge in [-0.25, -0.2) is 0 Å². The van der Waals surface area contributed by atoms with Crippen molar-refractivity contribution in [1.82, 2.24) is 9.78 Å². The average Bonchev–Trinajstić information content (AvgIpc) is 2.69. The Bertz CT molecular complexity index is 485. The molecule has 1 aromatic heterocycles. The van der Waals surface area contributed by atoms with Gasteiger partial charge in [-0.1, -0.05) is 20.8 Å². The Morgan fingerprint density at radius 3 is 2.24 bits per heavy atom. The Labute approximate surface area is 144 Å². The maximum Gasteiger partial charge on any atom is 0.192 e. The molecule has 0 spiro atoms. The van der Waals surface area contributed by atoms with Gasteiger partial charge in [-0.05, 0) is 73.3 Å². The van der Waals surface area contributed by atoms with Crippen molar-refractivity contribution in [3.8, 4) is 0 Å². The first-order valence-corrected chi connectivity index (χ1v) is 12.0. The molecule has 5 heteroatoms. The lowest BCUT2D eigenvalue weighted by molar-refractivity contribution is 0.115. The van der Waals surface area contributed by atoms with Gasteiger partial charge in [0.25, 0.3) is 0 Å². The second-order valence-electron chi connectivity index (χ2n) is 7.83. The van der Waals surface area contributed by atoms with E-state index in [9.17, 15) is 0 Å². The maximum absolute atomic E-state index is 6.57. The fraction of sp³-hybridized carbons (Fsp3) is 0.812. The summed E-state index contributed by atoms with van der Waals surface area (Å²) < 4.78 is 10.1. The summed E-state index contributed by atoms with van der Waals surface area (Å²) in [7, 11) is -1.62. The molecule has 0 aliphatic heterocycles. The van der Waals surface area contributed by atoms with Gasteiger partial charge in [-0.3, -0.25) is 4.68 Å². The van der Waals surface area contributed by atoms with Crippen LogP contribution in [0.25, 0.3) is 0 Å². The molecule has 2 rings (SSSR count). The van der Waals surface area contributed by atoms with E-state index >= 15 is 0 Å². The predicted octanol–water partition coefficient (Wildman–Crippen LogP) is 5.30. The van der Waals surface area contributed by atoms with E-state index in [0.29, 0.717) is 17.2 Å². The quantitative estimate of drug-likeness (QED) is 0.490. The van der Waals surface area contributed by atoms with E-state index in [1.807, 2.05) is 6.20 Å². The van der Waals surface area contributed by atoms with Gasteiger partial charge in [-0.15, -0.1) is 0 Å². The number of nitrogens with zero attached hydrogens (tertiary/aromatic N) is 2. The summed E-state index contributed by atoms with van der Waals surface area (Å²) in [5.41, 5.74) is 1.31. The largest absolute Gasteiger partial charge is 0.414 e. The molecule has 1 aromatic rings. The average molecular weight is 420 g/mol. The molecule has 3 nitrogen and oxygen atoms in total. The third kappa shape index (κ3) is 3.91. The van der Waals surface area contributed by atoms with E-state index in [-0.39, 0.29) is 0 Å². The number of aromatic nitrogens is 2. The van der Waals surface area contributed by atoms with Crippen LogP contribution in [-0.4, -0.2) is 24.2 Å². The molecule has 1 heterocycles. The molecule has 0 unspecified atom stereocenters. The van der Waals surface area contributed by atoms with Gasteiger partial charge in [0.1, 0.15) is 0 Å². The van der Waals surface area contributed by atoms with Gasteiger partial charge in [0.15, 0.2) is 8.32 Å². The van der Waals surface area contributed by atoms with Crippen molar-refractivity contribution in [2.75, 3.05) is 0 Å². The Kier molecular flexibility index (Phi) is 5.25. The van der Waals surface area contributed by atoms with E-state index in [4.69, 9.17) is 4.43 Å². The summed E-state index contributed by atoms with van der Waals surface area (Å²) in [5, 5.41) is 4.86. The Morgan fingerprint density at radius 1 is 1.24 bits per heavy atom. The van der Waals surface area contributed by atoms with E-state index < -0.39 is 8.32 Å². The molecule has 1 aliphatic rings. The fourth-order valence-corrected chi connectivity index (χ4v) is 4.57. The van der Waals surface area contributed by atoms with Crippen LogP contribution in [0.15, 0.2) is 6.20 Å². The summed E-state index contributed by atoms with van der Waals surface area (Å²) in [4.78, 5) is 0. The molecule has 0 N–H and O–H groups in total. The van der Waals surface area contributed by atoms with Crippen LogP contribution in [0.4, 0.5) is 0 Å². The monoisotopic (exact) mass is 420 g/mol. The molecule has 1 saturated carbocycles. The van der Waals surface area contributed by atoms with Crippen LogP contribution in [-0.2, 0) is 4.43 Å². The summed E-state index contributed by atoms with van der Waals surface area (Å²) in [6, 6.07) is 0.563. The smallest absolute Gasteiger partial charge is 0.192 e. The highest BCUT2D eigenvalue weighted by atomic mass is 127. The summed E-state index contributed by atoms with van der Waals surface area (Å²) in [6.45, 7) is 13.9. The molecule has 1 aliphatic carbocycles. The van der Waals surface area contributed by atoms with Crippen molar-refractivity contribution in [2.24, 2.45) is 0 Å². The zero-order valence-corrected chi connectivity index (χ0v) is 17.4. The zero-order valence-electron chi connectivity index (χ0n) is 14.2. The molecule has 0 aromatic carbocycles. The summed E-state index contributed by atoms with van der Waals surface area (Å²) in [5.74, 6) is 0. The highest BCUT2D eigenvalue weighted by Gasteiger charge is 2.40. The van der Waals surface area contributed by atoms with Gasteiger partial charge >= 0.3 is 0 Å². The molecule has 0 radical (unpaired) electrons. The topological polar surface area (TPSA) is 27.1 Å². The van der Waals surface area contributed by atoms with Crippen LogP contribution < -0.4 is 0 Å². The predicted molar refractivity (Wildman–Crippen MR) is 99.3 cm³/mol. The zero-order chi connectivity index (χ0) is 15.8. The first-order chi connectivity index (χ1) is 9.62. The third-order valence-electron chi connectivity index (χ3n) is 5.24. The Hall–Kier alpha value is 0.117. The van der Waals surface area contributed by atoms with Gasteiger partial charge in [0, 0.05) is 11.8 Å². The molecular weight excluding hydrogens is 391 g/mol. The lowest BCUT2D eigenvalue weighted by atomic mass is 9.93. The number of rotatable bonds is 3. The molecule has 0 amide bonds. The van der Waals surface area contributed by atoms with Crippen molar-refractivity contribution in [1.29, 1.82) is 0 Å². The van der Waals surface area contributed by atoms with Crippen LogP contribution in [0.5, 0.6) is 0 Å². The number of hydrogen-bond donors (Lipinski definition) is 0. The molecule has 0 bridgehead atoms. The van der Waals surface area contributed by atoms with Crippen LogP contribution >= 0.6 is 22.6 Å². The first-order valence-electron chi connectivity index (χ1n) is 7.99. The van der Waals surface area contributed by atoms with E-state index in [1.165, 1.54) is 34.9 Å². The van der Waals surface area contributed by atoms with Crippen LogP contribution in [0.2, 0.25) is 18.1 Å². The summed E-state index contributed by atoms with van der Waals surface area (Å²) >= 11 is 2.37. The number of hydrogen-bond acceptors (Lipinski definition) is 2. The van der Waals surface area contributed by atoms with Gasteiger partial charge in [0.05, 0.1) is 15.8 Å². The molecule has 0 saturated heterocycles. The molecule has 21 heavy (non-hydrogen) atoms. The Balaban J connectivity index is 1.94. The third-order valence-corrected chi connectivity index (χ3v) is 10.8. The van der Waals surface area contributed by atoms with Crippen molar-refractivity contribution in [3.05, 3.63) is 15.5 Å².